The van der Waals surface area contributed by atoms with E-state index in [2.05, 4.69) is 0 Å². The first-order valence-electron chi connectivity index (χ1n) is 10.3. The van der Waals surface area contributed by atoms with Crippen LogP contribution in [0.15, 0.2) is 53.4 Å². The molecule has 0 aliphatic carbocycles. The lowest BCUT2D eigenvalue weighted by Crippen LogP contribution is -2.35. The average molecular weight is 446 g/mol. The van der Waals surface area contributed by atoms with Crippen molar-refractivity contribution in [3.8, 4) is 5.75 Å². The number of hydrogen-bond acceptors (Lipinski definition) is 6. The van der Waals surface area contributed by atoms with Gasteiger partial charge in [-0.05, 0) is 56.2 Å². The highest BCUT2D eigenvalue weighted by Crippen LogP contribution is 2.21. The van der Waals surface area contributed by atoms with Crippen molar-refractivity contribution in [1.82, 2.24) is 4.31 Å². The number of carbonyl (C=O) groups excluding carboxylic acids is 2. The molecule has 3 rings (SSSR count). The Hall–Kier alpha value is -2.71. The summed E-state index contributed by atoms with van der Waals surface area (Å²) >= 11 is 0. The predicted octanol–water partition coefficient (Wildman–Crippen LogP) is 3.36. The van der Waals surface area contributed by atoms with Crippen LogP contribution in [-0.4, -0.2) is 50.8 Å². The summed E-state index contributed by atoms with van der Waals surface area (Å²) in [5.74, 6) is -0.270. The Balaban J connectivity index is 1.45. The van der Waals surface area contributed by atoms with Gasteiger partial charge in [-0.3, -0.25) is 9.59 Å². The van der Waals surface area contributed by atoms with Gasteiger partial charge in [0.25, 0.3) is 0 Å². The monoisotopic (exact) mass is 445 g/mol. The minimum Gasteiger partial charge on any atom is -0.493 e. The van der Waals surface area contributed by atoms with Crippen molar-refractivity contribution in [1.29, 1.82) is 0 Å². The molecule has 1 saturated heterocycles. The quantitative estimate of drug-likeness (QED) is 0.434. The second-order valence-electron chi connectivity index (χ2n) is 7.48. The lowest BCUT2D eigenvalue weighted by atomic mass is 10.1. The number of hydrogen-bond donors (Lipinski definition) is 0. The summed E-state index contributed by atoms with van der Waals surface area (Å²) in [4.78, 5) is 24.3. The highest BCUT2D eigenvalue weighted by atomic mass is 32.2. The number of rotatable bonds is 9. The molecule has 1 heterocycles. The van der Waals surface area contributed by atoms with Gasteiger partial charge in [0, 0.05) is 18.7 Å². The van der Waals surface area contributed by atoms with Gasteiger partial charge in [-0.25, -0.2) is 8.42 Å². The van der Waals surface area contributed by atoms with Crippen molar-refractivity contribution >= 4 is 21.8 Å². The molecule has 0 bridgehead atoms. The largest absolute Gasteiger partial charge is 0.493 e. The van der Waals surface area contributed by atoms with Gasteiger partial charge in [-0.2, -0.15) is 4.31 Å². The van der Waals surface area contributed by atoms with E-state index in [9.17, 15) is 18.0 Å². The number of aryl methyl sites for hydroxylation is 1. The predicted molar refractivity (Wildman–Crippen MR) is 116 cm³/mol. The second kappa shape index (κ2) is 10.5. The lowest BCUT2D eigenvalue weighted by Gasteiger charge is -2.25. The number of Topliss-reactive ketones (excluding diaryl/α,β-unsaturated/α-hetero) is 1. The molecule has 0 spiro atoms. The number of ketones is 1. The van der Waals surface area contributed by atoms with E-state index < -0.39 is 28.4 Å². The van der Waals surface area contributed by atoms with Crippen molar-refractivity contribution in [2.24, 2.45) is 0 Å². The van der Waals surface area contributed by atoms with Crippen LogP contribution in [0.2, 0.25) is 0 Å². The molecule has 7 nitrogen and oxygen atoms in total. The van der Waals surface area contributed by atoms with Crippen LogP contribution in [0.1, 0.15) is 41.6 Å². The maximum Gasteiger partial charge on any atom is 0.309 e. The molecule has 1 aliphatic heterocycles. The topological polar surface area (TPSA) is 90.0 Å². The summed E-state index contributed by atoms with van der Waals surface area (Å²) in [5, 5.41) is 0. The summed E-state index contributed by atoms with van der Waals surface area (Å²) in [6.07, 6.45) is 2.78. The second-order valence-corrected chi connectivity index (χ2v) is 9.42. The third-order valence-corrected chi connectivity index (χ3v) is 7.00. The van der Waals surface area contributed by atoms with E-state index in [1.54, 1.807) is 0 Å². The molecule has 8 heteroatoms. The molecule has 0 atom stereocenters. The Bertz CT molecular complexity index is 993. The minimum absolute atomic E-state index is 0.0220. The Kier molecular flexibility index (Phi) is 7.81. The van der Waals surface area contributed by atoms with Crippen LogP contribution < -0.4 is 4.74 Å². The first-order valence-corrected chi connectivity index (χ1v) is 11.8. The van der Waals surface area contributed by atoms with Crippen LogP contribution >= 0.6 is 0 Å². The fourth-order valence-corrected chi connectivity index (χ4v) is 4.77. The number of sulfonamides is 1. The number of ether oxygens (including phenoxy) is 2. The number of esters is 1. The summed E-state index contributed by atoms with van der Waals surface area (Å²) in [7, 11) is -3.54. The van der Waals surface area contributed by atoms with Crippen molar-refractivity contribution < 1.29 is 27.5 Å². The van der Waals surface area contributed by atoms with Crippen LogP contribution in [0, 0.1) is 6.92 Å². The van der Waals surface area contributed by atoms with E-state index in [1.165, 1.54) is 28.6 Å². The smallest absolute Gasteiger partial charge is 0.309 e. The van der Waals surface area contributed by atoms with Crippen LogP contribution in [0.3, 0.4) is 0 Å². The van der Waals surface area contributed by atoms with Crippen LogP contribution in [0.5, 0.6) is 5.75 Å². The van der Waals surface area contributed by atoms with Crippen molar-refractivity contribution in [3.05, 3.63) is 59.7 Å². The highest BCUT2D eigenvalue weighted by Gasteiger charge is 2.26. The van der Waals surface area contributed by atoms with E-state index in [0.717, 1.165) is 24.8 Å². The number of benzene rings is 2. The first-order chi connectivity index (χ1) is 14.9. The zero-order valence-corrected chi connectivity index (χ0v) is 18.4. The van der Waals surface area contributed by atoms with Gasteiger partial charge in [-0.1, -0.05) is 24.1 Å². The van der Waals surface area contributed by atoms with E-state index in [-0.39, 0.29) is 17.9 Å². The average Bonchev–Trinajstić information content (AvgIpc) is 2.79. The van der Waals surface area contributed by atoms with Gasteiger partial charge in [0.1, 0.15) is 5.75 Å². The standard InChI is InChI=1S/C23H27NO6S/c1-18-5-9-20(10-6-18)29-16-13-23(26)30-17-22(25)19-7-11-21(12-8-19)31(27,28)24-14-3-2-4-15-24/h5-12H,2-4,13-17H2,1H3. The van der Waals surface area contributed by atoms with Gasteiger partial charge in [0.2, 0.25) is 10.0 Å². The van der Waals surface area contributed by atoms with Crippen LogP contribution in [0.25, 0.3) is 0 Å². The number of carbonyl (C=O) groups is 2. The Morgan fingerprint density at radius 2 is 1.58 bits per heavy atom. The molecule has 1 aliphatic rings. The van der Waals surface area contributed by atoms with Gasteiger partial charge in [-0.15, -0.1) is 0 Å². The SMILES string of the molecule is Cc1ccc(OCCC(=O)OCC(=O)c2ccc(S(=O)(=O)N3CCCCC3)cc2)cc1. The van der Waals surface area contributed by atoms with E-state index in [1.807, 2.05) is 31.2 Å². The van der Waals surface area contributed by atoms with E-state index in [0.29, 0.717) is 24.4 Å². The molecule has 0 unspecified atom stereocenters. The maximum atomic E-state index is 12.7. The first kappa shape index (κ1) is 23.0. The number of piperidine rings is 1. The molecular formula is C23H27NO6S. The molecular weight excluding hydrogens is 418 g/mol. The zero-order chi connectivity index (χ0) is 22.3. The van der Waals surface area contributed by atoms with Gasteiger partial charge in [0.05, 0.1) is 17.9 Å². The summed E-state index contributed by atoms with van der Waals surface area (Å²) < 4.78 is 37.3. The third kappa shape index (κ3) is 6.38. The summed E-state index contributed by atoms with van der Waals surface area (Å²) in [6, 6.07) is 13.2. The summed E-state index contributed by atoms with van der Waals surface area (Å²) in [6.45, 7) is 2.76. The fourth-order valence-electron chi connectivity index (χ4n) is 3.26. The van der Waals surface area contributed by atoms with Crippen molar-refractivity contribution in [3.63, 3.8) is 0 Å². The molecule has 1 fully saturated rings. The van der Waals surface area contributed by atoms with Crippen molar-refractivity contribution in [2.75, 3.05) is 26.3 Å². The fraction of sp³-hybridized carbons (Fsp3) is 0.391. The highest BCUT2D eigenvalue weighted by molar-refractivity contribution is 7.89. The lowest BCUT2D eigenvalue weighted by molar-refractivity contribution is -0.143. The Labute approximate surface area is 183 Å². The maximum absolute atomic E-state index is 12.7. The molecule has 0 amide bonds. The number of nitrogens with zero attached hydrogens (tertiary/aromatic N) is 1. The minimum atomic E-state index is -3.54. The molecule has 31 heavy (non-hydrogen) atoms. The summed E-state index contributed by atoms with van der Waals surface area (Å²) in [5.41, 5.74) is 1.41. The van der Waals surface area contributed by atoms with Gasteiger partial charge >= 0.3 is 5.97 Å². The van der Waals surface area contributed by atoms with Gasteiger partial charge < -0.3 is 9.47 Å². The molecule has 0 aromatic heterocycles. The van der Waals surface area contributed by atoms with E-state index in [4.69, 9.17) is 9.47 Å². The molecule has 0 N–H and O–H groups in total. The van der Waals surface area contributed by atoms with Crippen molar-refractivity contribution in [2.45, 2.75) is 37.5 Å². The van der Waals surface area contributed by atoms with Gasteiger partial charge in [0.15, 0.2) is 12.4 Å². The normalized spacial score (nSPS) is 14.7. The third-order valence-electron chi connectivity index (χ3n) is 5.09. The molecule has 166 valence electrons. The molecule has 2 aromatic carbocycles. The zero-order valence-electron chi connectivity index (χ0n) is 17.6. The Morgan fingerprint density at radius 3 is 2.23 bits per heavy atom. The molecule has 2 aromatic rings. The molecule has 0 radical (unpaired) electrons. The van der Waals surface area contributed by atoms with E-state index >= 15 is 0 Å². The van der Waals surface area contributed by atoms with Crippen LogP contribution in [0.4, 0.5) is 0 Å². The Morgan fingerprint density at radius 1 is 0.935 bits per heavy atom. The molecule has 0 saturated carbocycles. The van der Waals surface area contributed by atoms with Crippen LogP contribution in [-0.2, 0) is 19.6 Å².